The van der Waals surface area contributed by atoms with Crippen molar-refractivity contribution in [3.63, 3.8) is 0 Å². The number of nitrogens with one attached hydrogen (secondary N) is 1. The molecule has 0 aliphatic heterocycles. The van der Waals surface area contributed by atoms with Crippen LogP contribution in [0.15, 0.2) is 24.4 Å². The number of rotatable bonds is 5. The van der Waals surface area contributed by atoms with Gasteiger partial charge in [0.1, 0.15) is 11.0 Å². The molecule has 0 fully saturated rings. The lowest BCUT2D eigenvalue weighted by Gasteiger charge is -2.22. The lowest BCUT2D eigenvalue weighted by molar-refractivity contribution is 0.122. The number of hydrogen-bond acceptors (Lipinski definition) is 7. The van der Waals surface area contributed by atoms with Crippen molar-refractivity contribution in [3.05, 3.63) is 40.1 Å². The third-order valence-electron chi connectivity index (χ3n) is 4.66. The van der Waals surface area contributed by atoms with E-state index in [-0.39, 0.29) is 28.5 Å². The second kappa shape index (κ2) is 8.78. The zero-order valence-electron chi connectivity index (χ0n) is 16.7. The number of anilines is 1. The maximum absolute atomic E-state index is 11.6. The molecular formula is C20H19Cl2N5O3. The molecule has 2 heterocycles. The Morgan fingerprint density at radius 2 is 2.03 bits per heavy atom. The molecule has 1 atom stereocenters. The van der Waals surface area contributed by atoms with Crippen molar-refractivity contribution in [1.29, 1.82) is 5.26 Å². The maximum atomic E-state index is 11.6. The average molecular weight is 448 g/mol. The van der Waals surface area contributed by atoms with Crippen LogP contribution in [0.3, 0.4) is 0 Å². The van der Waals surface area contributed by atoms with Crippen LogP contribution in [0, 0.1) is 17.2 Å². The Bertz CT molecular complexity index is 1150. The first-order chi connectivity index (χ1) is 14.3. The Hall–Kier alpha value is -3.02. The number of methoxy groups -OCH3 is 1. The Morgan fingerprint density at radius 3 is 2.63 bits per heavy atom. The first-order valence-electron chi connectivity index (χ1n) is 9.06. The Labute approximate surface area is 183 Å². The van der Waals surface area contributed by atoms with Gasteiger partial charge in [0, 0.05) is 16.6 Å². The molecule has 0 aliphatic rings. The van der Waals surface area contributed by atoms with E-state index in [4.69, 9.17) is 33.2 Å². The minimum atomic E-state index is -0.896. The second-order valence-electron chi connectivity index (χ2n) is 6.91. The van der Waals surface area contributed by atoms with Gasteiger partial charge in [-0.1, -0.05) is 43.1 Å². The molecule has 0 saturated heterocycles. The fourth-order valence-corrected chi connectivity index (χ4v) is 3.24. The van der Waals surface area contributed by atoms with E-state index in [1.165, 1.54) is 17.8 Å². The standard InChI is InChI=1S/C20H19Cl2N5O3/c1-10(2)11(3)25-19-16(13-6-5-12(8-23)7-14(13)21)17(22)26-18-15(9-24-27(18)19)30-20(28)29-4/h5-7,9-11,25H,1-4H3/t11-/m0/s1. The molecule has 2 aromatic heterocycles. The highest BCUT2D eigenvalue weighted by Crippen LogP contribution is 2.40. The van der Waals surface area contributed by atoms with Crippen molar-refractivity contribution in [2.24, 2.45) is 5.92 Å². The predicted octanol–water partition coefficient (Wildman–Crippen LogP) is 5.18. The van der Waals surface area contributed by atoms with E-state index < -0.39 is 6.16 Å². The molecule has 156 valence electrons. The van der Waals surface area contributed by atoms with E-state index in [0.717, 1.165) is 0 Å². The quantitative estimate of drug-likeness (QED) is 0.424. The number of benzene rings is 1. The highest BCUT2D eigenvalue weighted by molar-refractivity contribution is 6.36. The van der Waals surface area contributed by atoms with Crippen LogP contribution in [-0.4, -0.2) is 33.9 Å². The van der Waals surface area contributed by atoms with Gasteiger partial charge in [-0.2, -0.15) is 14.9 Å². The largest absolute Gasteiger partial charge is 0.513 e. The smallest absolute Gasteiger partial charge is 0.437 e. The zero-order valence-corrected chi connectivity index (χ0v) is 18.2. The lowest BCUT2D eigenvalue weighted by atomic mass is 10.0. The number of aromatic nitrogens is 3. The van der Waals surface area contributed by atoms with Gasteiger partial charge in [-0.05, 0) is 25.0 Å². The van der Waals surface area contributed by atoms with Crippen molar-refractivity contribution in [1.82, 2.24) is 14.6 Å². The molecule has 0 amide bonds. The Morgan fingerprint density at radius 1 is 1.30 bits per heavy atom. The number of ether oxygens (including phenoxy) is 2. The summed E-state index contributed by atoms with van der Waals surface area (Å²) in [6.07, 6.45) is 0.456. The van der Waals surface area contributed by atoms with Gasteiger partial charge in [-0.15, -0.1) is 0 Å². The SMILES string of the molecule is COC(=O)Oc1cnn2c(N[C@@H](C)C(C)C)c(-c3ccc(C#N)cc3Cl)c(Cl)nc12. The molecule has 0 radical (unpaired) electrons. The van der Waals surface area contributed by atoms with Crippen molar-refractivity contribution < 1.29 is 14.3 Å². The zero-order chi connectivity index (χ0) is 22.0. The first kappa shape index (κ1) is 21.7. The summed E-state index contributed by atoms with van der Waals surface area (Å²) in [5.74, 6) is 0.914. The topological polar surface area (TPSA) is 102 Å². The summed E-state index contributed by atoms with van der Waals surface area (Å²) in [6, 6.07) is 7.00. The van der Waals surface area contributed by atoms with Gasteiger partial charge in [0.2, 0.25) is 5.65 Å². The first-order valence-corrected chi connectivity index (χ1v) is 9.82. The van der Waals surface area contributed by atoms with Gasteiger partial charge in [0.15, 0.2) is 5.75 Å². The van der Waals surface area contributed by atoms with Crippen LogP contribution in [0.25, 0.3) is 16.8 Å². The molecule has 0 spiro atoms. The number of nitriles is 1. The number of halogens is 2. The number of carbonyl (C=O) groups is 1. The van der Waals surface area contributed by atoms with Crippen LogP contribution in [0.2, 0.25) is 10.2 Å². The molecule has 0 aliphatic carbocycles. The van der Waals surface area contributed by atoms with Crippen LogP contribution < -0.4 is 10.1 Å². The van der Waals surface area contributed by atoms with Crippen LogP contribution in [0.5, 0.6) is 5.75 Å². The van der Waals surface area contributed by atoms with Crippen molar-refractivity contribution in [2.75, 3.05) is 12.4 Å². The Balaban J connectivity index is 2.27. The van der Waals surface area contributed by atoms with Crippen molar-refractivity contribution >= 4 is 40.8 Å². The number of hydrogen-bond donors (Lipinski definition) is 1. The molecule has 0 saturated carbocycles. The summed E-state index contributed by atoms with van der Waals surface area (Å²) in [7, 11) is 1.21. The van der Waals surface area contributed by atoms with E-state index in [9.17, 15) is 4.79 Å². The monoisotopic (exact) mass is 447 g/mol. The van der Waals surface area contributed by atoms with E-state index in [2.05, 4.69) is 40.1 Å². The molecular weight excluding hydrogens is 429 g/mol. The third kappa shape index (κ3) is 4.13. The molecule has 30 heavy (non-hydrogen) atoms. The molecule has 8 nitrogen and oxygen atoms in total. The van der Waals surface area contributed by atoms with Crippen LogP contribution in [-0.2, 0) is 4.74 Å². The summed E-state index contributed by atoms with van der Waals surface area (Å²) < 4.78 is 11.2. The molecule has 0 bridgehead atoms. The van der Waals surface area contributed by atoms with Gasteiger partial charge < -0.3 is 14.8 Å². The van der Waals surface area contributed by atoms with Gasteiger partial charge in [0.05, 0.1) is 30.5 Å². The average Bonchev–Trinajstić information content (AvgIpc) is 3.10. The summed E-state index contributed by atoms with van der Waals surface area (Å²) in [6.45, 7) is 6.16. The van der Waals surface area contributed by atoms with Gasteiger partial charge in [-0.25, -0.2) is 9.78 Å². The van der Waals surface area contributed by atoms with Crippen molar-refractivity contribution in [3.8, 4) is 22.9 Å². The van der Waals surface area contributed by atoms with Crippen molar-refractivity contribution in [2.45, 2.75) is 26.8 Å². The molecule has 0 unspecified atom stereocenters. The Kier molecular flexibility index (Phi) is 6.34. The molecule has 1 N–H and O–H groups in total. The van der Waals surface area contributed by atoms with Crippen LogP contribution in [0.4, 0.5) is 10.6 Å². The fraction of sp³-hybridized carbons (Fsp3) is 0.300. The molecule has 3 aromatic rings. The van der Waals surface area contributed by atoms with Gasteiger partial charge in [0.25, 0.3) is 0 Å². The summed E-state index contributed by atoms with van der Waals surface area (Å²) >= 11 is 13.0. The maximum Gasteiger partial charge on any atom is 0.513 e. The van der Waals surface area contributed by atoms with Gasteiger partial charge >= 0.3 is 6.16 Å². The predicted molar refractivity (Wildman–Crippen MR) is 114 cm³/mol. The molecule has 10 heteroatoms. The minimum absolute atomic E-state index is 0.0387. The summed E-state index contributed by atoms with van der Waals surface area (Å²) in [4.78, 5) is 15.9. The molecule has 3 rings (SSSR count). The third-order valence-corrected chi connectivity index (χ3v) is 5.25. The van der Waals surface area contributed by atoms with E-state index >= 15 is 0 Å². The number of nitrogens with zero attached hydrogens (tertiary/aromatic N) is 4. The lowest BCUT2D eigenvalue weighted by Crippen LogP contribution is -2.24. The van der Waals surface area contributed by atoms with Crippen LogP contribution >= 0.6 is 23.2 Å². The number of carbonyl (C=O) groups excluding carboxylic acids is 1. The highest BCUT2D eigenvalue weighted by Gasteiger charge is 2.24. The molecule has 1 aromatic carbocycles. The van der Waals surface area contributed by atoms with E-state index in [0.29, 0.717) is 27.5 Å². The summed E-state index contributed by atoms with van der Waals surface area (Å²) in [5, 5.41) is 17.3. The highest BCUT2D eigenvalue weighted by atomic mass is 35.5. The van der Waals surface area contributed by atoms with Gasteiger partial charge in [-0.3, -0.25) is 0 Å². The normalized spacial score (nSPS) is 11.9. The second-order valence-corrected chi connectivity index (χ2v) is 7.68. The van der Waals surface area contributed by atoms with Crippen LogP contribution in [0.1, 0.15) is 26.3 Å². The fourth-order valence-electron chi connectivity index (χ4n) is 2.69. The van der Waals surface area contributed by atoms with E-state index in [1.54, 1.807) is 18.2 Å². The summed E-state index contributed by atoms with van der Waals surface area (Å²) in [5.41, 5.74) is 1.75. The number of fused-ring (bicyclic) bond motifs is 1. The van der Waals surface area contributed by atoms with E-state index in [1.807, 2.05) is 6.92 Å². The minimum Gasteiger partial charge on any atom is -0.437 e.